The molecule has 3 N–H and O–H groups in total. The van der Waals surface area contributed by atoms with Crippen LogP contribution in [0.25, 0.3) is 0 Å². The van der Waals surface area contributed by atoms with Crippen molar-refractivity contribution in [2.75, 3.05) is 19.1 Å². The third kappa shape index (κ3) is 3.03. The fourth-order valence-electron chi connectivity index (χ4n) is 2.20. The lowest BCUT2D eigenvalue weighted by atomic mass is 10.1. The average Bonchev–Trinajstić information content (AvgIpc) is 2.93. The Hall–Kier alpha value is -2.20. The van der Waals surface area contributed by atoms with Crippen molar-refractivity contribution in [3.63, 3.8) is 0 Å². The Bertz CT molecular complexity index is 582. The molecule has 0 unspecified atom stereocenters. The second-order valence-corrected chi connectivity index (χ2v) is 4.86. The second-order valence-electron chi connectivity index (χ2n) is 4.86. The number of rotatable bonds is 5. The molecule has 0 radical (unpaired) electrons. The van der Waals surface area contributed by atoms with Crippen molar-refractivity contribution in [3.05, 3.63) is 53.6 Å². The van der Waals surface area contributed by atoms with Gasteiger partial charge in [0.1, 0.15) is 0 Å². The van der Waals surface area contributed by atoms with Crippen LogP contribution in [0.15, 0.2) is 42.5 Å². The summed E-state index contributed by atoms with van der Waals surface area (Å²) in [6.07, 6.45) is 0.991. The van der Waals surface area contributed by atoms with Gasteiger partial charge in [-0.15, -0.1) is 0 Å². The molecule has 0 aliphatic carbocycles. The molecular formula is C16H18N2O2. The van der Waals surface area contributed by atoms with E-state index in [2.05, 4.69) is 23.5 Å². The van der Waals surface area contributed by atoms with Crippen LogP contribution in [-0.4, -0.2) is 13.3 Å². The molecule has 3 rings (SSSR count). The lowest BCUT2D eigenvalue weighted by Gasteiger charge is -2.06. The van der Waals surface area contributed by atoms with Gasteiger partial charge in [0, 0.05) is 12.2 Å². The Morgan fingerprint density at radius 3 is 2.55 bits per heavy atom. The number of ether oxygens (including phenoxy) is 2. The number of nitrogen functional groups attached to an aromatic ring is 1. The van der Waals surface area contributed by atoms with E-state index in [4.69, 9.17) is 15.2 Å². The number of hydrogen-bond donors (Lipinski definition) is 2. The Balaban J connectivity index is 1.47. The van der Waals surface area contributed by atoms with Gasteiger partial charge in [0.2, 0.25) is 6.79 Å². The van der Waals surface area contributed by atoms with E-state index >= 15 is 0 Å². The van der Waals surface area contributed by atoms with Crippen molar-refractivity contribution in [1.29, 1.82) is 0 Å². The van der Waals surface area contributed by atoms with Crippen molar-refractivity contribution in [2.24, 2.45) is 0 Å². The third-order valence-electron chi connectivity index (χ3n) is 3.34. The van der Waals surface area contributed by atoms with Crippen LogP contribution in [-0.2, 0) is 13.0 Å². The Labute approximate surface area is 118 Å². The van der Waals surface area contributed by atoms with Crippen LogP contribution in [0.2, 0.25) is 0 Å². The molecule has 0 amide bonds. The molecule has 0 fully saturated rings. The van der Waals surface area contributed by atoms with Gasteiger partial charge in [-0.05, 0) is 48.4 Å². The molecule has 20 heavy (non-hydrogen) atoms. The highest BCUT2D eigenvalue weighted by molar-refractivity contribution is 5.44. The first-order valence-corrected chi connectivity index (χ1v) is 6.75. The lowest BCUT2D eigenvalue weighted by molar-refractivity contribution is 0.174. The highest BCUT2D eigenvalue weighted by Gasteiger charge is 2.12. The highest BCUT2D eigenvalue weighted by Crippen LogP contribution is 2.32. The molecule has 0 saturated carbocycles. The number of anilines is 1. The molecule has 2 aromatic rings. The van der Waals surface area contributed by atoms with Crippen molar-refractivity contribution in [3.8, 4) is 11.5 Å². The molecule has 4 nitrogen and oxygen atoms in total. The maximum atomic E-state index is 5.66. The van der Waals surface area contributed by atoms with Gasteiger partial charge >= 0.3 is 0 Å². The van der Waals surface area contributed by atoms with Crippen LogP contribution in [0, 0.1) is 0 Å². The number of nitrogens with two attached hydrogens (primary N) is 1. The summed E-state index contributed by atoms with van der Waals surface area (Å²) in [6, 6.07) is 14.1. The fourth-order valence-corrected chi connectivity index (χ4v) is 2.20. The van der Waals surface area contributed by atoms with Crippen molar-refractivity contribution in [1.82, 2.24) is 5.32 Å². The van der Waals surface area contributed by atoms with Gasteiger partial charge in [-0.2, -0.15) is 0 Å². The molecule has 1 aliphatic rings. The van der Waals surface area contributed by atoms with Crippen LogP contribution in [0.4, 0.5) is 5.69 Å². The first kappa shape index (κ1) is 12.8. The minimum Gasteiger partial charge on any atom is -0.454 e. The lowest BCUT2D eigenvalue weighted by Crippen LogP contribution is -2.16. The topological polar surface area (TPSA) is 56.5 Å². The van der Waals surface area contributed by atoms with E-state index in [0.29, 0.717) is 6.79 Å². The fraction of sp³-hybridized carbons (Fsp3) is 0.250. The molecule has 0 atom stereocenters. The smallest absolute Gasteiger partial charge is 0.231 e. The Morgan fingerprint density at radius 2 is 1.70 bits per heavy atom. The van der Waals surface area contributed by atoms with Gasteiger partial charge in [-0.1, -0.05) is 18.2 Å². The maximum absolute atomic E-state index is 5.66. The van der Waals surface area contributed by atoms with Gasteiger partial charge in [0.15, 0.2) is 11.5 Å². The average molecular weight is 270 g/mol. The normalized spacial score (nSPS) is 12.6. The molecule has 0 saturated heterocycles. The molecule has 0 spiro atoms. The van der Waals surface area contributed by atoms with E-state index in [9.17, 15) is 0 Å². The van der Waals surface area contributed by atoms with Crippen LogP contribution in [0.5, 0.6) is 11.5 Å². The van der Waals surface area contributed by atoms with Crippen molar-refractivity contribution >= 4 is 5.69 Å². The molecule has 1 aliphatic heterocycles. The summed E-state index contributed by atoms with van der Waals surface area (Å²) < 4.78 is 10.7. The minimum absolute atomic E-state index is 0.323. The van der Waals surface area contributed by atoms with Crippen molar-refractivity contribution < 1.29 is 9.47 Å². The highest BCUT2D eigenvalue weighted by atomic mass is 16.7. The second kappa shape index (κ2) is 5.84. The van der Waals surface area contributed by atoms with E-state index in [1.165, 1.54) is 11.1 Å². The summed E-state index contributed by atoms with van der Waals surface area (Å²) in [5.41, 5.74) is 8.96. The number of fused-ring (bicyclic) bond motifs is 1. The minimum atomic E-state index is 0.323. The molecule has 104 valence electrons. The maximum Gasteiger partial charge on any atom is 0.231 e. The zero-order chi connectivity index (χ0) is 13.8. The molecule has 0 aromatic heterocycles. The predicted octanol–water partition coefficient (Wildman–Crippen LogP) is 2.33. The van der Waals surface area contributed by atoms with Crippen molar-refractivity contribution in [2.45, 2.75) is 13.0 Å². The number of benzene rings is 2. The van der Waals surface area contributed by atoms with Crippen LogP contribution in [0.1, 0.15) is 11.1 Å². The third-order valence-corrected chi connectivity index (χ3v) is 3.34. The van der Waals surface area contributed by atoms with Gasteiger partial charge in [-0.3, -0.25) is 0 Å². The predicted molar refractivity (Wildman–Crippen MR) is 78.8 cm³/mol. The van der Waals surface area contributed by atoms with Gasteiger partial charge in [-0.25, -0.2) is 0 Å². The zero-order valence-electron chi connectivity index (χ0n) is 11.3. The Morgan fingerprint density at radius 1 is 0.950 bits per heavy atom. The standard InChI is InChI=1S/C16H18N2O2/c17-14-4-1-12(2-5-14)7-8-18-10-13-3-6-15-16(9-13)20-11-19-15/h1-6,9,18H,7-8,10-11,17H2. The van der Waals surface area contributed by atoms with Gasteiger partial charge in [0.05, 0.1) is 0 Å². The van der Waals surface area contributed by atoms with Crippen LogP contribution < -0.4 is 20.5 Å². The molecular weight excluding hydrogens is 252 g/mol. The summed E-state index contributed by atoms with van der Waals surface area (Å²) in [5.74, 6) is 1.67. The summed E-state index contributed by atoms with van der Waals surface area (Å²) in [7, 11) is 0. The number of nitrogens with one attached hydrogen (secondary N) is 1. The van der Waals surface area contributed by atoms with E-state index < -0.39 is 0 Å². The largest absolute Gasteiger partial charge is 0.454 e. The summed E-state index contributed by atoms with van der Waals surface area (Å²) in [4.78, 5) is 0. The summed E-state index contributed by atoms with van der Waals surface area (Å²) >= 11 is 0. The quantitative estimate of drug-likeness (QED) is 0.647. The summed E-state index contributed by atoms with van der Waals surface area (Å²) in [6.45, 7) is 2.08. The zero-order valence-corrected chi connectivity index (χ0v) is 11.3. The monoisotopic (exact) mass is 270 g/mol. The van der Waals surface area contributed by atoms with E-state index in [-0.39, 0.29) is 0 Å². The SMILES string of the molecule is Nc1ccc(CCNCc2ccc3c(c2)OCO3)cc1. The summed E-state index contributed by atoms with van der Waals surface area (Å²) in [5, 5.41) is 3.43. The van der Waals surface area contributed by atoms with Gasteiger partial charge < -0.3 is 20.5 Å². The molecule has 0 bridgehead atoms. The molecule has 1 heterocycles. The van der Waals surface area contributed by atoms with E-state index in [1.807, 2.05) is 24.3 Å². The van der Waals surface area contributed by atoms with E-state index in [1.54, 1.807) is 0 Å². The molecule has 4 heteroatoms. The Kier molecular flexibility index (Phi) is 3.74. The van der Waals surface area contributed by atoms with Gasteiger partial charge in [0.25, 0.3) is 0 Å². The number of hydrogen-bond acceptors (Lipinski definition) is 4. The first-order chi connectivity index (χ1) is 9.81. The first-order valence-electron chi connectivity index (χ1n) is 6.75. The molecule has 2 aromatic carbocycles. The van der Waals surface area contributed by atoms with Crippen LogP contribution >= 0.6 is 0 Å². The van der Waals surface area contributed by atoms with Crippen LogP contribution in [0.3, 0.4) is 0 Å². The van der Waals surface area contributed by atoms with E-state index in [0.717, 1.165) is 36.7 Å².